The van der Waals surface area contributed by atoms with E-state index in [0.29, 0.717) is 30.0 Å². The average Bonchev–Trinajstić information content (AvgIpc) is 2.54. The van der Waals surface area contributed by atoms with Gasteiger partial charge in [0, 0.05) is 19.2 Å². The van der Waals surface area contributed by atoms with Crippen LogP contribution in [-0.4, -0.2) is 42.8 Å². The molecule has 5 nitrogen and oxygen atoms in total. The fourth-order valence-electron chi connectivity index (χ4n) is 2.88. The van der Waals surface area contributed by atoms with Crippen molar-refractivity contribution in [1.82, 2.24) is 10.2 Å². The third-order valence-electron chi connectivity index (χ3n) is 3.94. The van der Waals surface area contributed by atoms with Crippen LogP contribution in [0, 0.1) is 0 Å². The predicted molar refractivity (Wildman–Crippen MR) is 83.0 cm³/mol. The van der Waals surface area contributed by atoms with Crippen LogP contribution in [0.25, 0.3) is 0 Å². The van der Waals surface area contributed by atoms with E-state index in [-0.39, 0.29) is 11.7 Å². The van der Waals surface area contributed by atoms with Crippen molar-refractivity contribution in [1.29, 1.82) is 0 Å². The Kier molecular flexibility index (Phi) is 3.71. The molecule has 3 rings (SSSR count). The molecule has 0 spiro atoms. The molecule has 0 saturated heterocycles. The van der Waals surface area contributed by atoms with Crippen LogP contribution in [0.15, 0.2) is 42.1 Å². The first-order valence-corrected chi connectivity index (χ1v) is 7.30. The van der Waals surface area contributed by atoms with E-state index in [2.05, 4.69) is 5.32 Å². The number of nitrogens with one attached hydrogen (secondary N) is 1. The van der Waals surface area contributed by atoms with Gasteiger partial charge in [-0.1, -0.05) is 6.08 Å². The van der Waals surface area contributed by atoms with Gasteiger partial charge in [0.15, 0.2) is 5.78 Å². The highest BCUT2D eigenvalue weighted by Crippen LogP contribution is 2.29. The summed E-state index contributed by atoms with van der Waals surface area (Å²) in [4.78, 5) is 26.9. The van der Waals surface area contributed by atoms with Crippen LogP contribution in [0.3, 0.4) is 0 Å². The third kappa shape index (κ3) is 2.28. The molecule has 2 aliphatic rings. The van der Waals surface area contributed by atoms with Crippen molar-refractivity contribution in [3.05, 3.63) is 53.3 Å². The number of likely N-dealkylation sites (N-methyl/N-ethyl adjacent to an activating group) is 1. The molecule has 0 bridgehead atoms. The van der Waals surface area contributed by atoms with Crippen molar-refractivity contribution in [2.24, 2.45) is 0 Å². The van der Waals surface area contributed by atoms with Crippen molar-refractivity contribution < 1.29 is 14.3 Å². The lowest BCUT2D eigenvalue weighted by Gasteiger charge is -2.34. The molecule has 0 aromatic heterocycles. The predicted octanol–water partition coefficient (Wildman–Crippen LogP) is 1.77. The first-order chi connectivity index (χ1) is 10.6. The number of rotatable bonds is 3. The Morgan fingerprint density at radius 3 is 2.82 bits per heavy atom. The van der Waals surface area contributed by atoms with E-state index in [4.69, 9.17) is 4.74 Å². The van der Waals surface area contributed by atoms with Crippen molar-refractivity contribution >= 4 is 11.7 Å². The van der Waals surface area contributed by atoms with Crippen molar-refractivity contribution in [2.45, 2.75) is 13.0 Å². The summed E-state index contributed by atoms with van der Waals surface area (Å²) in [5.74, 6) is 0.399. The van der Waals surface area contributed by atoms with E-state index in [1.807, 2.05) is 25.3 Å². The fourth-order valence-corrected chi connectivity index (χ4v) is 2.88. The smallest absolute Gasteiger partial charge is 0.255 e. The summed E-state index contributed by atoms with van der Waals surface area (Å²) in [5.41, 5.74) is 1.77. The topological polar surface area (TPSA) is 58.6 Å². The molecule has 0 radical (unpaired) electrons. The molecule has 1 aromatic rings. The Morgan fingerprint density at radius 1 is 1.32 bits per heavy atom. The fraction of sp³-hybridized carbons (Fsp3) is 0.294. The highest BCUT2D eigenvalue weighted by molar-refractivity contribution is 6.16. The Hall–Kier alpha value is -2.56. The first-order valence-electron chi connectivity index (χ1n) is 7.30. The number of amides is 1. The largest absolute Gasteiger partial charge is 0.494 e. The number of nitrogens with zero attached hydrogens (tertiary/aromatic N) is 1. The number of Topliss-reactive ketones (excluding diaryl/α,β-unsaturated/α-hetero) is 1. The summed E-state index contributed by atoms with van der Waals surface area (Å²) in [6.07, 6.45) is 5.56. The van der Waals surface area contributed by atoms with Crippen LogP contribution in [0.4, 0.5) is 0 Å². The molecule has 5 heteroatoms. The van der Waals surface area contributed by atoms with Gasteiger partial charge in [-0.05, 0) is 43.0 Å². The molecular weight excluding hydrogens is 280 g/mol. The molecule has 114 valence electrons. The van der Waals surface area contributed by atoms with Crippen molar-refractivity contribution in [3.8, 4) is 5.75 Å². The van der Waals surface area contributed by atoms with E-state index >= 15 is 0 Å². The molecule has 1 atom stereocenters. The molecule has 22 heavy (non-hydrogen) atoms. The highest BCUT2D eigenvalue weighted by atomic mass is 16.5. The second kappa shape index (κ2) is 5.67. The lowest BCUT2D eigenvalue weighted by molar-refractivity contribution is 0.0654. The summed E-state index contributed by atoms with van der Waals surface area (Å²) in [7, 11) is 1.67. The van der Waals surface area contributed by atoms with Gasteiger partial charge in [0.2, 0.25) is 0 Å². The number of benzene rings is 1. The minimum Gasteiger partial charge on any atom is -0.494 e. The Morgan fingerprint density at radius 2 is 2.14 bits per heavy atom. The van der Waals surface area contributed by atoms with Crippen LogP contribution in [0.5, 0.6) is 5.75 Å². The van der Waals surface area contributed by atoms with Crippen LogP contribution in [0.2, 0.25) is 0 Å². The van der Waals surface area contributed by atoms with Crippen molar-refractivity contribution in [2.75, 3.05) is 20.2 Å². The normalized spacial score (nSPS) is 20.4. The number of allylic oxidation sites excluding steroid dienone is 2. The second-order valence-electron chi connectivity index (χ2n) is 5.30. The molecule has 2 aliphatic heterocycles. The first kappa shape index (κ1) is 14.4. The van der Waals surface area contributed by atoms with E-state index in [0.717, 1.165) is 5.57 Å². The van der Waals surface area contributed by atoms with Crippen LogP contribution in [0.1, 0.15) is 27.6 Å². The van der Waals surface area contributed by atoms with Crippen LogP contribution in [-0.2, 0) is 0 Å². The number of ether oxygens (including phenoxy) is 1. The molecular formula is C17H18N2O3. The third-order valence-corrected chi connectivity index (χ3v) is 3.94. The molecule has 1 N–H and O–H groups in total. The minimum absolute atomic E-state index is 0.0523. The zero-order chi connectivity index (χ0) is 15.7. The second-order valence-corrected chi connectivity index (χ2v) is 5.30. The van der Waals surface area contributed by atoms with Gasteiger partial charge in [-0.3, -0.25) is 9.59 Å². The molecule has 2 heterocycles. The SMILES string of the molecule is CCOc1ccc2c(c1)C(=O)N(C)C(C1=CC=CNC1)C2=O. The standard InChI is InChI=1S/C17H18N2O3/c1-3-22-12-6-7-13-14(9-12)17(21)19(2)15(16(13)20)11-5-4-8-18-10-11/h4-9,15,18H,3,10H2,1-2H3. The highest BCUT2D eigenvalue weighted by Gasteiger charge is 2.38. The van der Waals surface area contributed by atoms with E-state index < -0.39 is 6.04 Å². The van der Waals surface area contributed by atoms with Crippen molar-refractivity contribution in [3.63, 3.8) is 0 Å². The van der Waals surface area contributed by atoms with Crippen LogP contribution >= 0.6 is 0 Å². The minimum atomic E-state index is -0.546. The zero-order valence-electron chi connectivity index (χ0n) is 12.6. The van der Waals surface area contributed by atoms with E-state index in [1.54, 1.807) is 25.2 Å². The lowest BCUT2D eigenvalue weighted by atomic mass is 9.87. The van der Waals surface area contributed by atoms with Gasteiger partial charge < -0.3 is 15.0 Å². The van der Waals surface area contributed by atoms with Gasteiger partial charge >= 0.3 is 0 Å². The van der Waals surface area contributed by atoms with Crippen LogP contribution < -0.4 is 10.1 Å². The van der Waals surface area contributed by atoms with E-state index in [1.165, 1.54) is 4.90 Å². The number of hydrogen-bond donors (Lipinski definition) is 1. The maximum Gasteiger partial charge on any atom is 0.255 e. The Bertz CT molecular complexity index is 691. The van der Waals surface area contributed by atoms with Gasteiger partial charge in [-0.2, -0.15) is 0 Å². The summed E-state index contributed by atoms with van der Waals surface area (Å²) in [5, 5.41) is 3.08. The number of hydrogen-bond acceptors (Lipinski definition) is 4. The zero-order valence-corrected chi connectivity index (χ0v) is 12.6. The van der Waals surface area contributed by atoms with Gasteiger partial charge in [0.1, 0.15) is 11.8 Å². The number of carbonyl (C=O) groups excluding carboxylic acids is 2. The number of ketones is 1. The molecule has 0 aliphatic carbocycles. The number of carbonyl (C=O) groups is 2. The average molecular weight is 298 g/mol. The molecule has 1 aromatic carbocycles. The molecule has 0 saturated carbocycles. The van der Waals surface area contributed by atoms with Gasteiger partial charge in [0.25, 0.3) is 5.91 Å². The summed E-state index contributed by atoms with van der Waals surface area (Å²) < 4.78 is 5.42. The van der Waals surface area contributed by atoms with Gasteiger partial charge in [-0.25, -0.2) is 0 Å². The van der Waals surface area contributed by atoms with Gasteiger partial charge in [0.05, 0.1) is 12.2 Å². The maximum atomic E-state index is 12.8. The number of dihydropyridines is 1. The Labute approximate surface area is 129 Å². The molecule has 1 amide bonds. The summed E-state index contributed by atoms with van der Waals surface area (Å²) in [6, 6.07) is 4.53. The number of fused-ring (bicyclic) bond motifs is 1. The Balaban J connectivity index is 2.03. The molecule has 0 fully saturated rings. The summed E-state index contributed by atoms with van der Waals surface area (Å²) in [6.45, 7) is 2.96. The quantitative estimate of drug-likeness (QED) is 0.924. The maximum absolute atomic E-state index is 12.8. The monoisotopic (exact) mass is 298 g/mol. The summed E-state index contributed by atoms with van der Waals surface area (Å²) >= 11 is 0. The van der Waals surface area contributed by atoms with E-state index in [9.17, 15) is 9.59 Å². The molecule has 1 unspecified atom stereocenters. The lowest BCUT2D eigenvalue weighted by Crippen LogP contribution is -2.49. The van der Waals surface area contributed by atoms with Gasteiger partial charge in [-0.15, -0.1) is 0 Å².